The van der Waals surface area contributed by atoms with Gasteiger partial charge in [-0.05, 0) is 18.2 Å². The van der Waals surface area contributed by atoms with E-state index in [2.05, 4.69) is 10.6 Å². The Morgan fingerprint density at radius 1 is 1.50 bits per heavy atom. The third-order valence-electron chi connectivity index (χ3n) is 2.63. The Balaban J connectivity index is 1.92. The van der Waals surface area contributed by atoms with Crippen LogP contribution >= 0.6 is 23.2 Å². The summed E-state index contributed by atoms with van der Waals surface area (Å²) in [6.45, 7) is 2.02. The molecule has 1 aliphatic rings. The van der Waals surface area contributed by atoms with E-state index in [1.807, 2.05) is 0 Å². The van der Waals surface area contributed by atoms with Gasteiger partial charge >= 0.3 is 0 Å². The predicted molar refractivity (Wildman–Crippen MR) is 72.3 cm³/mol. The number of halogens is 2. The lowest BCUT2D eigenvalue weighted by Gasteiger charge is -2.23. The fourth-order valence-electron chi connectivity index (χ4n) is 1.77. The molecule has 1 fully saturated rings. The molecule has 1 unspecified atom stereocenters. The van der Waals surface area contributed by atoms with Gasteiger partial charge in [0.05, 0.1) is 23.9 Å². The monoisotopic (exact) mass is 288 g/mol. The van der Waals surface area contributed by atoms with E-state index in [1.54, 1.807) is 18.2 Å². The number of carbonyl (C=O) groups excluding carboxylic acids is 1. The van der Waals surface area contributed by atoms with Gasteiger partial charge in [-0.15, -0.1) is 0 Å². The van der Waals surface area contributed by atoms with E-state index >= 15 is 0 Å². The molecule has 0 radical (unpaired) electrons. The second-order valence-corrected chi connectivity index (χ2v) is 4.95. The van der Waals surface area contributed by atoms with Crippen molar-refractivity contribution in [2.75, 3.05) is 25.1 Å². The van der Waals surface area contributed by atoms with E-state index in [-0.39, 0.29) is 11.9 Å². The van der Waals surface area contributed by atoms with Gasteiger partial charge in [0.15, 0.2) is 0 Å². The summed E-state index contributed by atoms with van der Waals surface area (Å²) in [5.74, 6) is -0.109. The Labute approximate surface area is 116 Å². The zero-order valence-electron chi connectivity index (χ0n) is 9.71. The van der Waals surface area contributed by atoms with E-state index in [1.165, 1.54) is 0 Å². The highest BCUT2D eigenvalue weighted by Gasteiger charge is 2.17. The zero-order chi connectivity index (χ0) is 13.0. The van der Waals surface area contributed by atoms with Gasteiger partial charge in [0, 0.05) is 24.0 Å². The Kier molecular flexibility index (Phi) is 4.83. The molecule has 1 saturated heterocycles. The van der Waals surface area contributed by atoms with Gasteiger partial charge in [0.25, 0.3) is 0 Å². The Morgan fingerprint density at radius 2 is 2.33 bits per heavy atom. The molecule has 0 bridgehead atoms. The van der Waals surface area contributed by atoms with Gasteiger partial charge in [0.1, 0.15) is 0 Å². The van der Waals surface area contributed by atoms with E-state index in [0.29, 0.717) is 35.4 Å². The lowest BCUT2D eigenvalue weighted by atomic mass is 10.2. The lowest BCUT2D eigenvalue weighted by Crippen LogP contribution is -2.43. The quantitative estimate of drug-likeness (QED) is 0.897. The normalized spacial score (nSPS) is 19.6. The number of anilines is 1. The maximum absolute atomic E-state index is 11.8. The minimum absolute atomic E-state index is 0.0525. The van der Waals surface area contributed by atoms with Crippen LogP contribution in [0, 0.1) is 0 Å². The first-order valence-corrected chi connectivity index (χ1v) is 6.47. The molecule has 1 amide bonds. The molecule has 1 atom stereocenters. The molecule has 0 aliphatic carbocycles. The predicted octanol–water partition coefficient (Wildman–Crippen LogP) is 2.31. The number of hydrogen-bond acceptors (Lipinski definition) is 3. The second kappa shape index (κ2) is 6.38. The maximum atomic E-state index is 11.8. The topological polar surface area (TPSA) is 50.4 Å². The SMILES string of the molecule is O=C(CC1COCCN1)Nc1cc(Cl)ccc1Cl. The molecular weight excluding hydrogens is 275 g/mol. The van der Waals surface area contributed by atoms with Crippen molar-refractivity contribution in [3.8, 4) is 0 Å². The van der Waals surface area contributed by atoms with Crippen LogP contribution in [0.1, 0.15) is 6.42 Å². The van der Waals surface area contributed by atoms with Crippen LogP contribution in [0.5, 0.6) is 0 Å². The van der Waals surface area contributed by atoms with Crippen molar-refractivity contribution in [1.82, 2.24) is 5.32 Å². The molecule has 0 spiro atoms. The third-order valence-corrected chi connectivity index (χ3v) is 3.20. The highest BCUT2D eigenvalue weighted by atomic mass is 35.5. The number of rotatable bonds is 3. The van der Waals surface area contributed by atoms with Crippen LogP contribution in [0.2, 0.25) is 10.0 Å². The molecule has 2 rings (SSSR count). The lowest BCUT2D eigenvalue weighted by molar-refractivity contribution is -0.117. The number of amides is 1. The van der Waals surface area contributed by atoms with E-state index in [4.69, 9.17) is 27.9 Å². The fourth-order valence-corrected chi connectivity index (χ4v) is 2.11. The minimum Gasteiger partial charge on any atom is -0.378 e. The number of morpholine rings is 1. The summed E-state index contributed by atoms with van der Waals surface area (Å²) in [5, 5.41) is 6.97. The molecule has 0 aromatic heterocycles. The summed E-state index contributed by atoms with van der Waals surface area (Å²) in [6, 6.07) is 5.01. The summed E-state index contributed by atoms with van der Waals surface area (Å²) in [4.78, 5) is 11.8. The highest BCUT2D eigenvalue weighted by Crippen LogP contribution is 2.25. The van der Waals surface area contributed by atoms with Gasteiger partial charge in [-0.2, -0.15) is 0 Å². The summed E-state index contributed by atoms with van der Waals surface area (Å²) >= 11 is 11.8. The Bertz CT molecular complexity index is 434. The second-order valence-electron chi connectivity index (χ2n) is 4.10. The van der Waals surface area contributed by atoms with Crippen molar-refractivity contribution in [1.29, 1.82) is 0 Å². The molecule has 1 heterocycles. The van der Waals surface area contributed by atoms with Crippen molar-refractivity contribution >= 4 is 34.8 Å². The van der Waals surface area contributed by atoms with Gasteiger partial charge in [-0.1, -0.05) is 23.2 Å². The van der Waals surface area contributed by atoms with Crippen LogP contribution in [0.15, 0.2) is 18.2 Å². The summed E-state index contributed by atoms with van der Waals surface area (Å²) in [5.41, 5.74) is 0.533. The van der Waals surface area contributed by atoms with Crippen molar-refractivity contribution in [2.45, 2.75) is 12.5 Å². The maximum Gasteiger partial charge on any atom is 0.226 e. The Morgan fingerprint density at radius 3 is 3.06 bits per heavy atom. The van der Waals surface area contributed by atoms with Gasteiger partial charge in [0.2, 0.25) is 5.91 Å². The number of carbonyl (C=O) groups is 1. The van der Waals surface area contributed by atoms with Crippen LogP contribution in [0.25, 0.3) is 0 Å². The molecule has 6 heteroatoms. The van der Waals surface area contributed by atoms with Crippen molar-refractivity contribution < 1.29 is 9.53 Å². The molecule has 18 heavy (non-hydrogen) atoms. The minimum atomic E-state index is -0.109. The highest BCUT2D eigenvalue weighted by molar-refractivity contribution is 6.35. The zero-order valence-corrected chi connectivity index (χ0v) is 11.2. The molecule has 1 aliphatic heterocycles. The van der Waals surface area contributed by atoms with Crippen molar-refractivity contribution in [3.63, 3.8) is 0 Å². The average molecular weight is 289 g/mol. The number of ether oxygens (including phenoxy) is 1. The Hall–Kier alpha value is -0.810. The first-order valence-electron chi connectivity index (χ1n) is 5.71. The first kappa shape index (κ1) is 13.6. The third kappa shape index (κ3) is 3.85. The van der Waals surface area contributed by atoms with Crippen LogP contribution in [0.4, 0.5) is 5.69 Å². The number of hydrogen-bond donors (Lipinski definition) is 2. The summed E-state index contributed by atoms with van der Waals surface area (Å²) < 4.78 is 5.29. The average Bonchev–Trinajstić information content (AvgIpc) is 2.35. The molecule has 2 N–H and O–H groups in total. The van der Waals surface area contributed by atoms with Crippen LogP contribution in [0.3, 0.4) is 0 Å². The van der Waals surface area contributed by atoms with E-state index in [9.17, 15) is 4.79 Å². The summed E-state index contributed by atoms with van der Waals surface area (Å²) in [7, 11) is 0. The van der Waals surface area contributed by atoms with Crippen LogP contribution < -0.4 is 10.6 Å². The first-order chi connectivity index (χ1) is 8.65. The largest absolute Gasteiger partial charge is 0.378 e. The molecule has 1 aromatic carbocycles. The van der Waals surface area contributed by atoms with Gasteiger partial charge in [-0.25, -0.2) is 0 Å². The van der Waals surface area contributed by atoms with Crippen molar-refractivity contribution in [2.24, 2.45) is 0 Å². The van der Waals surface area contributed by atoms with Gasteiger partial charge in [-0.3, -0.25) is 4.79 Å². The van der Waals surface area contributed by atoms with E-state index in [0.717, 1.165) is 6.54 Å². The van der Waals surface area contributed by atoms with Crippen LogP contribution in [-0.4, -0.2) is 31.7 Å². The van der Waals surface area contributed by atoms with Crippen LogP contribution in [-0.2, 0) is 9.53 Å². The number of nitrogens with one attached hydrogen (secondary N) is 2. The molecule has 1 aromatic rings. The summed E-state index contributed by atoms with van der Waals surface area (Å²) in [6.07, 6.45) is 0.350. The molecule has 98 valence electrons. The standard InChI is InChI=1S/C12H14Cl2N2O2/c13-8-1-2-10(14)11(5-8)16-12(17)6-9-7-18-4-3-15-9/h1-2,5,9,15H,3-4,6-7H2,(H,16,17). The fraction of sp³-hybridized carbons (Fsp3) is 0.417. The van der Waals surface area contributed by atoms with Gasteiger partial charge < -0.3 is 15.4 Å². The number of benzene rings is 1. The molecular formula is C12H14Cl2N2O2. The molecule has 0 saturated carbocycles. The molecule has 4 nitrogen and oxygen atoms in total. The van der Waals surface area contributed by atoms with Crippen molar-refractivity contribution in [3.05, 3.63) is 28.2 Å². The smallest absolute Gasteiger partial charge is 0.226 e. The van der Waals surface area contributed by atoms with E-state index < -0.39 is 0 Å².